The van der Waals surface area contributed by atoms with Gasteiger partial charge in [0.25, 0.3) is 5.91 Å². The summed E-state index contributed by atoms with van der Waals surface area (Å²) in [4.78, 5) is 15.1. The first-order valence-corrected chi connectivity index (χ1v) is 15.3. The molecule has 1 amide bonds. The van der Waals surface area contributed by atoms with Crippen LogP contribution in [0.4, 0.5) is 0 Å². The minimum Gasteiger partial charge on any atom is -0.351 e. The molecule has 2 atom stereocenters. The molecule has 2 aromatic rings. The smallest absolute Gasteiger partial charge is 0.252 e. The molecule has 0 saturated carbocycles. The third-order valence-corrected chi connectivity index (χ3v) is 9.28. The van der Waals surface area contributed by atoms with Crippen molar-refractivity contribution in [1.82, 2.24) is 9.62 Å². The maximum atomic E-state index is 13.5. The first-order chi connectivity index (χ1) is 17.1. The van der Waals surface area contributed by atoms with Crippen LogP contribution in [0.1, 0.15) is 44.5 Å². The van der Waals surface area contributed by atoms with E-state index in [-0.39, 0.29) is 29.2 Å². The fourth-order valence-electron chi connectivity index (χ4n) is 4.33. The average molecular weight is 600 g/mol. The van der Waals surface area contributed by atoms with E-state index in [0.717, 1.165) is 15.8 Å². The van der Waals surface area contributed by atoms with Crippen LogP contribution >= 0.6 is 27.7 Å². The molecule has 36 heavy (non-hydrogen) atoms. The van der Waals surface area contributed by atoms with Gasteiger partial charge in [0, 0.05) is 40.6 Å². The van der Waals surface area contributed by atoms with Crippen LogP contribution in [0, 0.1) is 11.8 Å². The second-order valence-corrected chi connectivity index (χ2v) is 13.0. The molecular weight excluding hydrogens is 564 g/mol. The van der Waals surface area contributed by atoms with Crippen LogP contribution in [-0.4, -0.2) is 57.8 Å². The minimum absolute atomic E-state index is 0.125. The largest absolute Gasteiger partial charge is 0.351 e. The molecule has 1 saturated heterocycles. The normalized spacial score (nSPS) is 18.9. The van der Waals surface area contributed by atoms with Gasteiger partial charge in [-0.05, 0) is 74.6 Å². The lowest BCUT2D eigenvalue weighted by molar-refractivity contribution is -0.131. The molecule has 10 heteroatoms. The molecule has 7 nitrogen and oxygen atoms in total. The molecule has 0 spiro atoms. The van der Waals surface area contributed by atoms with E-state index in [4.69, 9.17) is 9.47 Å². The van der Waals surface area contributed by atoms with Gasteiger partial charge in [0.15, 0.2) is 6.29 Å². The molecule has 1 heterocycles. The first kappa shape index (κ1) is 29.1. The Labute approximate surface area is 227 Å². The summed E-state index contributed by atoms with van der Waals surface area (Å²) in [5, 5.41) is 2.86. The summed E-state index contributed by atoms with van der Waals surface area (Å²) in [7, 11) is -3.74. The van der Waals surface area contributed by atoms with Crippen molar-refractivity contribution in [1.29, 1.82) is 0 Å². The lowest BCUT2D eigenvalue weighted by atomic mass is 9.94. The second-order valence-electron chi connectivity index (χ2n) is 9.03. The highest BCUT2D eigenvalue weighted by Gasteiger charge is 2.32. The van der Waals surface area contributed by atoms with Crippen LogP contribution in [0.3, 0.4) is 0 Å². The van der Waals surface area contributed by atoms with E-state index in [1.54, 1.807) is 16.4 Å². The molecule has 0 bridgehead atoms. The molecule has 3 rings (SSSR count). The van der Waals surface area contributed by atoms with E-state index in [0.29, 0.717) is 36.8 Å². The third kappa shape index (κ3) is 7.79. The van der Waals surface area contributed by atoms with Gasteiger partial charge >= 0.3 is 0 Å². The molecule has 0 unspecified atom stereocenters. The van der Waals surface area contributed by atoms with Gasteiger partial charge in [-0.25, -0.2) is 8.42 Å². The number of nitrogens with zero attached hydrogens (tertiary/aromatic N) is 1. The van der Waals surface area contributed by atoms with Crippen molar-refractivity contribution < 1.29 is 22.7 Å². The highest BCUT2D eigenvalue weighted by atomic mass is 79.9. The Morgan fingerprint density at radius 2 is 1.69 bits per heavy atom. The van der Waals surface area contributed by atoms with E-state index in [9.17, 15) is 13.2 Å². The summed E-state index contributed by atoms with van der Waals surface area (Å²) in [5.74, 6) is 0.191. The summed E-state index contributed by atoms with van der Waals surface area (Å²) in [6, 6.07) is 12.5. The summed E-state index contributed by atoms with van der Waals surface area (Å²) in [6.07, 6.45) is 0.429. The molecule has 1 fully saturated rings. The van der Waals surface area contributed by atoms with E-state index < -0.39 is 16.3 Å². The summed E-state index contributed by atoms with van der Waals surface area (Å²) in [6.45, 7) is 9.87. The zero-order valence-corrected chi connectivity index (χ0v) is 24.4. The van der Waals surface area contributed by atoms with Crippen LogP contribution in [0.5, 0.6) is 0 Å². The summed E-state index contributed by atoms with van der Waals surface area (Å²) >= 11 is 4.85. The van der Waals surface area contributed by atoms with Crippen molar-refractivity contribution in [3.8, 4) is 0 Å². The fourth-order valence-corrected chi connectivity index (χ4v) is 7.22. The molecule has 0 radical (unpaired) electrons. The Balaban J connectivity index is 1.92. The molecule has 1 aliphatic heterocycles. The monoisotopic (exact) mass is 598 g/mol. The Morgan fingerprint density at radius 1 is 1.08 bits per heavy atom. The topological polar surface area (TPSA) is 84.9 Å². The maximum Gasteiger partial charge on any atom is 0.252 e. The van der Waals surface area contributed by atoms with Gasteiger partial charge in [0.05, 0.1) is 17.0 Å². The fraction of sp³-hybridized carbons (Fsp3) is 0.500. The number of hydrogen-bond acceptors (Lipinski definition) is 6. The van der Waals surface area contributed by atoms with Crippen LogP contribution in [0.15, 0.2) is 61.6 Å². The SMILES string of the molecule is CCOC(CNC(=O)c1cc(S(=O)(=O)N2C[C@H](C)C[C@@H](C)C2)ccc1Sc1ccc(Br)cc1)OCC. The van der Waals surface area contributed by atoms with Crippen molar-refractivity contribution in [3.63, 3.8) is 0 Å². The number of piperidine rings is 1. The number of sulfonamides is 1. The Bertz CT molecular complexity index is 1110. The maximum absolute atomic E-state index is 13.5. The van der Waals surface area contributed by atoms with Crippen molar-refractivity contribution >= 4 is 43.6 Å². The molecule has 1 N–H and O–H groups in total. The van der Waals surface area contributed by atoms with Crippen LogP contribution in [0.25, 0.3) is 0 Å². The summed E-state index contributed by atoms with van der Waals surface area (Å²) in [5.41, 5.74) is 0.300. The van der Waals surface area contributed by atoms with Crippen LogP contribution < -0.4 is 5.32 Å². The molecular formula is C26H35BrN2O5S2. The number of halogens is 1. The van der Waals surface area contributed by atoms with Gasteiger partial charge in [-0.3, -0.25) is 4.79 Å². The van der Waals surface area contributed by atoms with E-state index in [1.165, 1.54) is 17.8 Å². The van der Waals surface area contributed by atoms with Gasteiger partial charge in [0.2, 0.25) is 10.0 Å². The van der Waals surface area contributed by atoms with Gasteiger partial charge in [0.1, 0.15) is 0 Å². The standard InChI is InChI=1S/C26H35BrN2O5S2/c1-5-33-25(34-6-2)15-28-26(30)23-14-22(36(31,32)29-16-18(3)13-19(4)17-29)11-12-24(23)35-21-9-7-20(27)8-10-21/h7-12,14,18-19,25H,5-6,13,15-17H2,1-4H3,(H,28,30)/t18-,19-/m1/s1. The minimum atomic E-state index is -3.74. The zero-order chi connectivity index (χ0) is 26.3. The molecule has 2 aromatic carbocycles. The van der Waals surface area contributed by atoms with Gasteiger partial charge < -0.3 is 14.8 Å². The number of carbonyl (C=O) groups excluding carboxylic acids is 1. The van der Waals surface area contributed by atoms with Crippen LogP contribution in [-0.2, 0) is 19.5 Å². The predicted octanol–water partition coefficient (Wildman–Crippen LogP) is 5.40. The lowest BCUT2D eigenvalue weighted by Gasteiger charge is -2.34. The average Bonchev–Trinajstić information content (AvgIpc) is 2.83. The third-order valence-electron chi connectivity index (χ3n) is 5.84. The van der Waals surface area contributed by atoms with Crippen molar-refractivity contribution in [2.24, 2.45) is 11.8 Å². The van der Waals surface area contributed by atoms with Gasteiger partial charge in [-0.1, -0.05) is 41.5 Å². The van der Waals surface area contributed by atoms with Crippen molar-refractivity contribution in [2.45, 2.75) is 55.1 Å². The molecule has 1 aliphatic rings. The Morgan fingerprint density at radius 3 is 2.28 bits per heavy atom. The first-order valence-electron chi connectivity index (χ1n) is 12.2. The molecule has 198 valence electrons. The van der Waals surface area contributed by atoms with Crippen LogP contribution in [0.2, 0.25) is 0 Å². The number of amides is 1. The van der Waals surface area contributed by atoms with Crippen molar-refractivity contribution in [3.05, 3.63) is 52.5 Å². The molecule has 0 aromatic heterocycles. The summed E-state index contributed by atoms with van der Waals surface area (Å²) < 4.78 is 40.6. The predicted molar refractivity (Wildman–Crippen MR) is 146 cm³/mol. The number of carbonyl (C=O) groups is 1. The van der Waals surface area contributed by atoms with E-state index in [1.807, 2.05) is 38.1 Å². The second kappa shape index (κ2) is 13.4. The number of rotatable bonds is 11. The highest BCUT2D eigenvalue weighted by molar-refractivity contribution is 9.10. The Kier molecular flexibility index (Phi) is 10.8. The number of nitrogens with one attached hydrogen (secondary N) is 1. The highest BCUT2D eigenvalue weighted by Crippen LogP contribution is 2.34. The van der Waals surface area contributed by atoms with Gasteiger partial charge in [-0.2, -0.15) is 4.31 Å². The van der Waals surface area contributed by atoms with E-state index >= 15 is 0 Å². The quantitative estimate of drug-likeness (QED) is 0.349. The number of hydrogen-bond donors (Lipinski definition) is 1. The zero-order valence-electron chi connectivity index (χ0n) is 21.2. The van der Waals surface area contributed by atoms with E-state index in [2.05, 4.69) is 35.1 Å². The Hall–Kier alpha value is -1.43. The van der Waals surface area contributed by atoms with Gasteiger partial charge in [-0.15, -0.1) is 0 Å². The molecule has 0 aliphatic carbocycles. The lowest BCUT2D eigenvalue weighted by Crippen LogP contribution is -2.42. The number of benzene rings is 2. The van der Waals surface area contributed by atoms with Crippen molar-refractivity contribution in [2.75, 3.05) is 32.8 Å². The number of ether oxygens (including phenoxy) is 2.